The number of hydrogen-bond acceptors (Lipinski definition) is 8. The summed E-state index contributed by atoms with van der Waals surface area (Å²) >= 11 is 0. The Hall–Kier alpha value is -1.14. The number of nitrogens with zero attached hydrogens (tertiary/aromatic N) is 1. The third-order valence-electron chi connectivity index (χ3n) is 4.33. The van der Waals surface area contributed by atoms with E-state index >= 15 is 0 Å². The Bertz CT molecular complexity index is 937. The van der Waals surface area contributed by atoms with E-state index in [2.05, 4.69) is 4.98 Å². The van der Waals surface area contributed by atoms with Crippen LogP contribution >= 0.6 is 15.2 Å². The summed E-state index contributed by atoms with van der Waals surface area (Å²) in [6.45, 7) is 10.6. The largest absolute Gasteiger partial charge is 0.382 e. The molecule has 1 aromatic rings. The van der Waals surface area contributed by atoms with Gasteiger partial charge in [-0.05, 0) is 13.3 Å². The molecule has 1 aromatic heterocycles. The number of nitrogens with one attached hydrogen (secondary N) is 1. The summed E-state index contributed by atoms with van der Waals surface area (Å²) in [6, 6.07) is 0. The van der Waals surface area contributed by atoms with Crippen molar-refractivity contribution in [2.24, 2.45) is 0 Å². The highest BCUT2D eigenvalue weighted by Crippen LogP contribution is 2.47. The molecule has 0 saturated carbocycles. The van der Waals surface area contributed by atoms with Gasteiger partial charge in [-0.2, -0.15) is 0 Å². The molecule has 0 aromatic carbocycles. The van der Waals surface area contributed by atoms with Crippen LogP contribution < -0.4 is 11.2 Å². The van der Waals surface area contributed by atoms with Gasteiger partial charge in [-0.3, -0.25) is 28.0 Å². The van der Waals surface area contributed by atoms with E-state index < -0.39 is 57.1 Å². The minimum Gasteiger partial charge on any atom is -0.382 e. The monoisotopic (exact) mass is 532 g/mol. The molecule has 2 heterocycles. The second-order valence-corrected chi connectivity index (χ2v) is 10.5. The highest BCUT2D eigenvalue weighted by atomic mass is 31.2. The average molecular weight is 532 g/mol. The van der Waals surface area contributed by atoms with E-state index in [9.17, 15) is 33.4 Å². The fraction of sp³-hybridized carbons (Fsp3) is 0.789. The second-order valence-electron chi connectivity index (χ2n) is 6.92. The molecule has 0 spiro atoms. The number of aromatic amines is 1. The molecule has 5 unspecified atom stereocenters. The zero-order valence-corrected chi connectivity index (χ0v) is 22.5. The minimum atomic E-state index is -4.40. The summed E-state index contributed by atoms with van der Waals surface area (Å²) in [5, 5.41) is 0. The van der Waals surface area contributed by atoms with Crippen molar-refractivity contribution in [3.8, 4) is 0 Å². The summed E-state index contributed by atoms with van der Waals surface area (Å²) in [5.74, 6) is 0. The van der Waals surface area contributed by atoms with Gasteiger partial charge in [0.15, 0.2) is 6.23 Å². The quantitative estimate of drug-likeness (QED) is 0.253. The van der Waals surface area contributed by atoms with Gasteiger partial charge in [-0.1, -0.05) is 27.7 Å². The summed E-state index contributed by atoms with van der Waals surface area (Å²) < 4.78 is 46.0. The first-order chi connectivity index (χ1) is 15.8. The predicted molar refractivity (Wildman–Crippen MR) is 126 cm³/mol. The number of aromatic nitrogens is 2. The van der Waals surface area contributed by atoms with Crippen LogP contribution in [-0.4, -0.2) is 75.7 Å². The fourth-order valence-electron chi connectivity index (χ4n) is 3.03. The average Bonchev–Trinajstić information content (AvgIpc) is 3.07. The van der Waals surface area contributed by atoms with Crippen molar-refractivity contribution in [3.63, 3.8) is 0 Å². The van der Waals surface area contributed by atoms with Crippen LogP contribution in [-0.2, 0) is 27.9 Å². The maximum atomic E-state index is 12.3. The lowest BCUT2D eigenvalue weighted by molar-refractivity contribution is -0.0783. The number of ether oxygens (including phenoxy) is 3. The zero-order chi connectivity index (χ0) is 26.7. The maximum absolute atomic E-state index is 12.3. The summed E-state index contributed by atoms with van der Waals surface area (Å²) in [4.78, 5) is 54.3. The van der Waals surface area contributed by atoms with Crippen LogP contribution in [0.25, 0.3) is 0 Å². The Kier molecular flexibility index (Phi) is 14.6. The molecule has 0 bridgehead atoms. The van der Waals surface area contributed by atoms with E-state index in [1.165, 1.54) is 20.2 Å². The number of aryl methyl sites for hydroxylation is 1. The molecular weight excluding hydrogens is 494 g/mol. The maximum Gasteiger partial charge on any atom is 0.330 e. The van der Waals surface area contributed by atoms with Gasteiger partial charge in [0.1, 0.15) is 12.2 Å². The van der Waals surface area contributed by atoms with Crippen LogP contribution in [0.15, 0.2) is 15.8 Å². The smallest absolute Gasteiger partial charge is 0.330 e. The molecule has 1 saturated heterocycles. The third-order valence-corrected chi connectivity index (χ3v) is 5.80. The molecule has 0 aliphatic carbocycles. The first-order valence-electron chi connectivity index (χ1n) is 10.9. The Morgan fingerprint density at radius 3 is 2.18 bits per heavy atom. The molecular formula is C19H38N2O11P2. The number of rotatable bonds is 10. The minimum absolute atomic E-state index is 0.0165. The van der Waals surface area contributed by atoms with Gasteiger partial charge >= 0.3 is 20.9 Å². The van der Waals surface area contributed by atoms with Gasteiger partial charge in [-0.25, -0.2) is 4.79 Å². The highest BCUT2D eigenvalue weighted by Gasteiger charge is 2.49. The molecule has 2 rings (SSSR count). The van der Waals surface area contributed by atoms with Crippen molar-refractivity contribution in [1.82, 2.24) is 9.55 Å². The molecule has 1 aliphatic rings. The van der Waals surface area contributed by atoms with Crippen LogP contribution in [0.3, 0.4) is 0 Å². The van der Waals surface area contributed by atoms with Crippen molar-refractivity contribution in [2.75, 3.05) is 33.2 Å². The predicted octanol–water partition coefficient (Wildman–Crippen LogP) is 1.59. The van der Waals surface area contributed by atoms with Crippen LogP contribution in [0.1, 0.15) is 45.9 Å². The molecule has 200 valence electrons. The summed E-state index contributed by atoms with van der Waals surface area (Å²) in [7, 11) is -7.03. The zero-order valence-electron chi connectivity index (χ0n) is 20.7. The van der Waals surface area contributed by atoms with Crippen molar-refractivity contribution in [1.29, 1.82) is 0 Å². The number of hydrogen-bond donors (Lipinski definition) is 4. The molecule has 13 nitrogen and oxygen atoms in total. The van der Waals surface area contributed by atoms with E-state index in [-0.39, 0.29) is 25.2 Å². The Morgan fingerprint density at radius 1 is 1.09 bits per heavy atom. The SMILES string of the molecule is CC.CC.COCCOC1C(OP(C)(=O)O)C(CCP(=O)(O)O)OC1n1cc(C)c(=O)[nH]c1=O. The molecule has 1 fully saturated rings. The topological polar surface area (TPSA) is 187 Å². The molecule has 1 aliphatic heterocycles. The van der Waals surface area contributed by atoms with Crippen molar-refractivity contribution in [3.05, 3.63) is 32.6 Å². The van der Waals surface area contributed by atoms with E-state index in [0.717, 1.165) is 11.2 Å². The summed E-state index contributed by atoms with van der Waals surface area (Å²) in [6.07, 6.45) is -4.16. The van der Waals surface area contributed by atoms with Gasteiger partial charge in [0.05, 0.1) is 25.5 Å². The first kappa shape index (κ1) is 32.9. The van der Waals surface area contributed by atoms with Crippen molar-refractivity contribution < 1.29 is 42.5 Å². The lowest BCUT2D eigenvalue weighted by Crippen LogP contribution is -2.41. The Balaban J connectivity index is 0.00000258. The van der Waals surface area contributed by atoms with Gasteiger partial charge in [0.2, 0.25) is 0 Å². The molecule has 15 heteroatoms. The second kappa shape index (κ2) is 15.1. The van der Waals surface area contributed by atoms with Gasteiger partial charge in [0, 0.05) is 25.5 Å². The van der Waals surface area contributed by atoms with Crippen LogP contribution in [0.4, 0.5) is 0 Å². The molecule has 4 N–H and O–H groups in total. The van der Waals surface area contributed by atoms with E-state index in [1.54, 1.807) is 0 Å². The molecule has 0 radical (unpaired) electrons. The highest BCUT2D eigenvalue weighted by molar-refractivity contribution is 7.52. The van der Waals surface area contributed by atoms with Crippen LogP contribution in [0.2, 0.25) is 0 Å². The standard InChI is InChI=1S/C15H26N2O11P2.2C2H6/c1-9-8-17(15(19)16-13(9)18)14-12(26-6-5-25-2)11(28-29(3,20)21)10(27-14)4-7-30(22,23)24;2*1-2/h8,10-12,14H,4-7H2,1-3H3,(H,20,21)(H,16,18,19)(H2,22,23,24);2*1-2H3. The van der Waals surface area contributed by atoms with E-state index in [0.29, 0.717) is 0 Å². The van der Waals surface area contributed by atoms with Gasteiger partial charge in [-0.15, -0.1) is 0 Å². The lowest BCUT2D eigenvalue weighted by atomic mass is 10.1. The number of H-pyrrole nitrogens is 1. The van der Waals surface area contributed by atoms with Gasteiger partial charge in [0.25, 0.3) is 5.56 Å². The van der Waals surface area contributed by atoms with E-state index in [1.807, 2.05) is 27.7 Å². The lowest BCUT2D eigenvalue weighted by Gasteiger charge is -2.26. The van der Waals surface area contributed by atoms with Crippen molar-refractivity contribution >= 4 is 15.2 Å². The summed E-state index contributed by atoms with van der Waals surface area (Å²) in [5.41, 5.74) is -1.20. The van der Waals surface area contributed by atoms with Crippen molar-refractivity contribution in [2.45, 2.75) is 65.6 Å². The Morgan fingerprint density at radius 2 is 1.68 bits per heavy atom. The van der Waals surface area contributed by atoms with Crippen LogP contribution in [0, 0.1) is 6.92 Å². The number of methoxy groups -OCH3 is 1. The molecule has 5 atom stereocenters. The third kappa shape index (κ3) is 10.6. The Labute approximate surface area is 199 Å². The molecule has 34 heavy (non-hydrogen) atoms. The fourth-order valence-corrected chi connectivity index (χ4v) is 4.33. The van der Waals surface area contributed by atoms with E-state index in [4.69, 9.17) is 18.7 Å². The molecule has 0 amide bonds. The van der Waals surface area contributed by atoms with Crippen LogP contribution in [0.5, 0.6) is 0 Å². The van der Waals surface area contributed by atoms with Gasteiger partial charge < -0.3 is 28.9 Å². The normalized spacial score (nSPS) is 23.8. The first-order valence-corrected chi connectivity index (χ1v) is 14.8.